The predicted octanol–water partition coefficient (Wildman–Crippen LogP) is 2.95. The molecule has 162 valence electrons. The van der Waals surface area contributed by atoms with Gasteiger partial charge < -0.3 is 10.1 Å². The van der Waals surface area contributed by atoms with Gasteiger partial charge in [0.25, 0.3) is 5.91 Å². The first kappa shape index (κ1) is 23.0. The Kier molecular flexibility index (Phi) is 7.30. The monoisotopic (exact) mass is 425 g/mol. The maximum atomic E-state index is 12.4. The first-order valence-electron chi connectivity index (χ1n) is 9.04. The molecule has 0 spiro atoms. The van der Waals surface area contributed by atoms with E-state index in [0.717, 1.165) is 0 Å². The predicted molar refractivity (Wildman–Crippen MR) is 102 cm³/mol. The topological polar surface area (TPSA) is 106 Å². The lowest BCUT2D eigenvalue weighted by atomic mass is 10.2. The van der Waals surface area contributed by atoms with Gasteiger partial charge in [-0.1, -0.05) is 13.8 Å². The second-order valence-corrected chi connectivity index (χ2v) is 6.91. The van der Waals surface area contributed by atoms with Crippen molar-refractivity contribution in [2.45, 2.75) is 40.4 Å². The Balaban J connectivity index is 2.02. The fraction of sp³-hybridized carbons (Fsp3) is 0.421. The summed E-state index contributed by atoms with van der Waals surface area (Å²) in [4.78, 5) is 36.2. The lowest BCUT2D eigenvalue weighted by molar-refractivity contribution is -0.154. The lowest BCUT2D eigenvalue weighted by Gasteiger charge is -2.12. The second-order valence-electron chi connectivity index (χ2n) is 6.91. The van der Waals surface area contributed by atoms with Crippen molar-refractivity contribution in [3.8, 4) is 5.88 Å². The zero-order valence-electron chi connectivity index (χ0n) is 16.9. The van der Waals surface area contributed by atoms with E-state index in [1.807, 2.05) is 0 Å². The summed E-state index contributed by atoms with van der Waals surface area (Å²) in [5, 5.41) is 5.19. The van der Waals surface area contributed by atoms with Crippen LogP contribution in [-0.2, 0) is 11.3 Å². The summed E-state index contributed by atoms with van der Waals surface area (Å²) in [7, 11) is 0. The molecule has 8 nitrogen and oxygen atoms in total. The third-order valence-electron chi connectivity index (χ3n) is 3.76. The van der Waals surface area contributed by atoms with E-state index in [4.69, 9.17) is 0 Å². The summed E-state index contributed by atoms with van der Waals surface area (Å²) in [6.45, 7) is 5.29. The van der Waals surface area contributed by atoms with Crippen molar-refractivity contribution >= 4 is 17.8 Å². The molecule has 0 radical (unpaired) electrons. The number of alkyl halides is 3. The van der Waals surface area contributed by atoms with Crippen LogP contribution in [0.1, 0.15) is 41.2 Å². The standard InChI is InChI=1S/C19H22F3N5O3/c1-10(2)15(28)27-18-25-12(4)6-14(26-18)16(29)23-7-13-5-11(3)17(24-8-13)30-9-19(20,21)22/h5-6,8,10H,7,9H2,1-4H3,(H,23,29)(H,25,26,27,28). The SMILES string of the molecule is Cc1cc(C(=O)NCc2cnc(OCC(F)(F)F)c(C)c2)nc(NC(=O)C(C)C)n1. The average molecular weight is 425 g/mol. The summed E-state index contributed by atoms with van der Waals surface area (Å²) < 4.78 is 41.4. The Hall–Kier alpha value is -3.24. The van der Waals surface area contributed by atoms with Crippen LogP contribution >= 0.6 is 0 Å². The average Bonchev–Trinajstić information content (AvgIpc) is 2.64. The van der Waals surface area contributed by atoms with Crippen molar-refractivity contribution < 1.29 is 27.5 Å². The minimum Gasteiger partial charge on any atom is -0.468 e. The van der Waals surface area contributed by atoms with Gasteiger partial charge in [0.2, 0.25) is 17.7 Å². The van der Waals surface area contributed by atoms with E-state index in [1.165, 1.54) is 12.3 Å². The molecule has 30 heavy (non-hydrogen) atoms. The van der Waals surface area contributed by atoms with Crippen LogP contribution in [0.3, 0.4) is 0 Å². The number of hydrogen-bond acceptors (Lipinski definition) is 6. The highest BCUT2D eigenvalue weighted by Crippen LogP contribution is 2.20. The van der Waals surface area contributed by atoms with E-state index < -0.39 is 18.7 Å². The largest absolute Gasteiger partial charge is 0.468 e. The van der Waals surface area contributed by atoms with Crippen LogP contribution in [0, 0.1) is 19.8 Å². The van der Waals surface area contributed by atoms with Crippen molar-refractivity contribution in [1.82, 2.24) is 20.3 Å². The highest BCUT2D eigenvalue weighted by atomic mass is 19.4. The van der Waals surface area contributed by atoms with E-state index in [-0.39, 0.29) is 35.9 Å². The number of aryl methyl sites for hydroxylation is 2. The molecule has 0 fully saturated rings. The zero-order valence-corrected chi connectivity index (χ0v) is 16.9. The van der Waals surface area contributed by atoms with E-state index in [2.05, 4.69) is 30.3 Å². The molecule has 0 unspecified atom stereocenters. The number of hydrogen-bond donors (Lipinski definition) is 2. The van der Waals surface area contributed by atoms with Crippen LogP contribution < -0.4 is 15.4 Å². The summed E-state index contributed by atoms with van der Waals surface area (Å²) >= 11 is 0. The van der Waals surface area contributed by atoms with Gasteiger partial charge in [0.1, 0.15) is 5.69 Å². The molecular weight excluding hydrogens is 403 g/mol. The normalized spacial score (nSPS) is 11.3. The molecule has 2 amide bonds. The number of ether oxygens (including phenoxy) is 1. The van der Waals surface area contributed by atoms with Gasteiger partial charge >= 0.3 is 6.18 Å². The molecule has 0 aliphatic rings. The molecule has 0 saturated carbocycles. The molecule has 2 aromatic rings. The maximum Gasteiger partial charge on any atom is 0.422 e. The van der Waals surface area contributed by atoms with Gasteiger partial charge in [-0.05, 0) is 31.5 Å². The van der Waals surface area contributed by atoms with Crippen LogP contribution in [0.15, 0.2) is 18.3 Å². The Labute approximate surface area is 171 Å². The van der Waals surface area contributed by atoms with Crippen LogP contribution in [0.25, 0.3) is 0 Å². The van der Waals surface area contributed by atoms with E-state index in [1.54, 1.807) is 33.8 Å². The molecule has 2 heterocycles. The molecule has 0 bridgehead atoms. The molecule has 0 aromatic carbocycles. The fourth-order valence-electron chi connectivity index (χ4n) is 2.29. The number of anilines is 1. The van der Waals surface area contributed by atoms with Crippen molar-refractivity contribution in [2.75, 3.05) is 11.9 Å². The molecule has 2 N–H and O–H groups in total. The third-order valence-corrected chi connectivity index (χ3v) is 3.76. The fourth-order valence-corrected chi connectivity index (χ4v) is 2.29. The quantitative estimate of drug-likeness (QED) is 0.707. The third kappa shape index (κ3) is 6.98. The Morgan fingerprint density at radius 3 is 2.47 bits per heavy atom. The van der Waals surface area contributed by atoms with Gasteiger partial charge in [0.05, 0.1) is 0 Å². The van der Waals surface area contributed by atoms with Crippen molar-refractivity contribution in [3.63, 3.8) is 0 Å². The lowest BCUT2D eigenvalue weighted by Crippen LogP contribution is -2.26. The number of halogens is 3. The molecule has 0 atom stereocenters. The first-order valence-corrected chi connectivity index (χ1v) is 9.04. The van der Waals surface area contributed by atoms with Gasteiger partial charge in [-0.2, -0.15) is 13.2 Å². The van der Waals surface area contributed by atoms with Gasteiger partial charge in [0.15, 0.2) is 6.61 Å². The molecule has 0 aliphatic carbocycles. The number of aromatic nitrogens is 3. The van der Waals surface area contributed by atoms with E-state index >= 15 is 0 Å². The first-order chi connectivity index (χ1) is 13.9. The van der Waals surface area contributed by atoms with Gasteiger partial charge in [-0.25, -0.2) is 15.0 Å². The molecular formula is C19H22F3N5O3. The van der Waals surface area contributed by atoms with Crippen LogP contribution in [-0.4, -0.2) is 39.5 Å². The summed E-state index contributed by atoms with van der Waals surface area (Å²) in [6.07, 6.45) is -3.14. The van der Waals surface area contributed by atoms with Crippen LogP contribution in [0.2, 0.25) is 0 Å². The Morgan fingerprint density at radius 2 is 1.87 bits per heavy atom. The van der Waals surface area contributed by atoms with Gasteiger partial charge in [-0.15, -0.1) is 0 Å². The number of rotatable bonds is 7. The molecule has 2 aromatic heterocycles. The Morgan fingerprint density at radius 1 is 1.17 bits per heavy atom. The summed E-state index contributed by atoms with van der Waals surface area (Å²) in [5.74, 6) is -1.15. The molecule has 0 saturated heterocycles. The highest BCUT2D eigenvalue weighted by Gasteiger charge is 2.29. The maximum absolute atomic E-state index is 12.4. The van der Waals surface area contributed by atoms with E-state index in [9.17, 15) is 22.8 Å². The number of nitrogens with zero attached hydrogens (tertiary/aromatic N) is 3. The number of carbonyl (C=O) groups excluding carboxylic acids is 2. The molecule has 2 rings (SSSR count). The molecule has 0 aliphatic heterocycles. The van der Waals surface area contributed by atoms with Crippen molar-refractivity contribution in [1.29, 1.82) is 0 Å². The summed E-state index contributed by atoms with van der Waals surface area (Å²) in [6, 6.07) is 3.04. The number of pyridine rings is 1. The number of amides is 2. The highest BCUT2D eigenvalue weighted by molar-refractivity contribution is 5.94. The van der Waals surface area contributed by atoms with Gasteiger partial charge in [-0.3, -0.25) is 14.9 Å². The van der Waals surface area contributed by atoms with Gasteiger partial charge in [0, 0.05) is 29.9 Å². The second kappa shape index (κ2) is 9.51. The van der Waals surface area contributed by atoms with Crippen molar-refractivity contribution in [2.24, 2.45) is 5.92 Å². The smallest absolute Gasteiger partial charge is 0.422 e. The van der Waals surface area contributed by atoms with Crippen molar-refractivity contribution in [3.05, 3.63) is 40.8 Å². The van der Waals surface area contributed by atoms with Crippen LogP contribution in [0.4, 0.5) is 19.1 Å². The minimum atomic E-state index is -4.45. The molecule has 11 heteroatoms. The number of nitrogens with one attached hydrogen (secondary N) is 2. The van der Waals surface area contributed by atoms with Crippen LogP contribution in [0.5, 0.6) is 5.88 Å². The zero-order chi connectivity index (χ0) is 22.5. The van der Waals surface area contributed by atoms with E-state index in [0.29, 0.717) is 16.8 Å². The minimum absolute atomic E-state index is 0.0301. The Bertz CT molecular complexity index is 932. The number of carbonyl (C=O) groups is 2. The summed E-state index contributed by atoms with van der Waals surface area (Å²) in [5.41, 5.74) is 1.54.